The van der Waals surface area contributed by atoms with Gasteiger partial charge in [0.2, 0.25) is 0 Å². The second-order valence-electron chi connectivity index (χ2n) is 5.60. The molecule has 114 valence electrons. The third-order valence-electron chi connectivity index (χ3n) is 4.14. The minimum absolute atomic E-state index is 0.0239. The van der Waals surface area contributed by atoms with Gasteiger partial charge in [-0.25, -0.2) is 9.37 Å². The summed E-state index contributed by atoms with van der Waals surface area (Å²) in [5.74, 6) is 0. The summed E-state index contributed by atoms with van der Waals surface area (Å²) in [6.45, 7) is 3.76. The lowest BCUT2D eigenvalue weighted by Crippen LogP contribution is -2.29. The molecular formula is C17H19FN4. The Bertz CT molecular complexity index is 805. The molecule has 0 saturated heterocycles. The zero-order valence-corrected chi connectivity index (χ0v) is 12.7. The van der Waals surface area contributed by atoms with Crippen molar-refractivity contribution in [3.05, 3.63) is 47.8 Å². The Kier molecular flexibility index (Phi) is 3.66. The third-order valence-corrected chi connectivity index (χ3v) is 4.14. The largest absolute Gasteiger partial charge is 0.327 e. The van der Waals surface area contributed by atoms with Gasteiger partial charge in [-0.1, -0.05) is 24.6 Å². The topological polar surface area (TPSA) is 67.6 Å². The number of aromatic nitrogens is 3. The maximum Gasteiger partial charge on any atom is 0.155 e. The molecule has 0 amide bonds. The standard InChI is InChI=1S/C17H19FN4/c1-3-17(18,10-19)13-7-11(2)6-12(8-13)14-4-5-20-16-15(14)9-21-22-16/h4-9H,3,10,19H2,1-2H3,(H,20,21,22). The van der Waals surface area contributed by atoms with Crippen molar-refractivity contribution in [2.75, 3.05) is 6.54 Å². The number of nitrogens with zero attached hydrogens (tertiary/aromatic N) is 2. The molecular weight excluding hydrogens is 279 g/mol. The van der Waals surface area contributed by atoms with Crippen LogP contribution in [0.3, 0.4) is 0 Å². The van der Waals surface area contributed by atoms with Crippen molar-refractivity contribution < 1.29 is 4.39 Å². The summed E-state index contributed by atoms with van der Waals surface area (Å²) in [7, 11) is 0. The highest BCUT2D eigenvalue weighted by atomic mass is 19.1. The molecule has 1 atom stereocenters. The quantitative estimate of drug-likeness (QED) is 0.775. The van der Waals surface area contributed by atoms with Gasteiger partial charge in [0, 0.05) is 18.1 Å². The minimum atomic E-state index is -1.50. The summed E-state index contributed by atoms with van der Waals surface area (Å²) >= 11 is 0. The Morgan fingerprint density at radius 3 is 2.86 bits per heavy atom. The predicted octanol–water partition coefficient (Wildman–Crippen LogP) is 3.47. The van der Waals surface area contributed by atoms with Gasteiger partial charge in [0.05, 0.1) is 6.20 Å². The smallest absolute Gasteiger partial charge is 0.155 e. The number of H-pyrrole nitrogens is 1. The number of nitrogens with one attached hydrogen (secondary N) is 1. The average molecular weight is 298 g/mol. The lowest BCUT2D eigenvalue weighted by molar-refractivity contribution is 0.169. The number of aryl methyl sites for hydroxylation is 1. The van der Waals surface area contributed by atoms with E-state index in [2.05, 4.69) is 15.2 Å². The van der Waals surface area contributed by atoms with Crippen LogP contribution in [0.15, 0.2) is 36.7 Å². The summed E-state index contributed by atoms with van der Waals surface area (Å²) in [6.07, 6.45) is 3.82. The Balaban J connectivity index is 2.20. The first-order chi connectivity index (χ1) is 10.6. The number of aromatic amines is 1. The molecule has 0 saturated carbocycles. The van der Waals surface area contributed by atoms with Crippen LogP contribution in [0, 0.1) is 6.92 Å². The number of pyridine rings is 1. The second kappa shape index (κ2) is 5.50. The van der Waals surface area contributed by atoms with E-state index in [9.17, 15) is 4.39 Å². The van der Waals surface area contributed by atoms with Crippen LogP contribution in [0.1, 0.15) is 24.5 Å². The van der Waals surface area contributed by atoms with E-state index in [1.807, 2.05) is 38.1 Å². The van der Waals surface area contributed by atoms with Gasteiger partial charge in [0.15, 0.2) is 5.65 Å². The fourth-order valence-corrected chi connectivity index (χ4v) is 2.77. The highest BCUT2D eigenvalue weighted by molar-refractivity contribution is 5.92. The van der Waals surface area contributed by atoms with Crippen LogP contribution >= 0.6 is 0 Å². The van der Waals surface area contributed by atoms with Gasteiger partial charge < -0.3 is 5.73 Å². The van der Waals surface area contributed by atoms with E-state index >= 15 is 0 Å². The molecule has 1 unspecified atom stereocenters. The van der Waals surface area contributed by atoms with Crippen molar-refractivity contribution in [3.63, 3.8) is 0 Å². The Morgan fingerprint density at radius 1 is 1.32 bits per heavy atom. The fraction of sp³-hybridized carbons (Fsp3) is 0.294. The third kappa shape index (κ3) is 2.37. The van der Waals surface area contributed by atoms with Crippen molar-refractivity contribution in [2.45, 2.75) is 25.9 Å². The molecule has 2 heterocycles. The minimum Gasteiger partial charge on any atom is -0.327 e. The summed E-state index contributed by atoms with van der Waals surface area (Å²) < 4.78 is 15.0. The molecule has 5 heteroatoms. The molecule has 22 heavy (non-hydrogen) atoms. The van der Waals surface area contributed by atoms with Crippen LogP contribution in [-0.4, -0.2) is 21.7 Å². The summed E-state index contributed by atoms with van der Waals surface area (Å²) in [5.41, 5.74) is 8.46. The first-order valence-corrected chi connectivity index (χ1v) is 7.37. The highest BCUT2D eigenvalue weighted by Crippen LogP contribution is 2.34. The van der Waals surface area contributed by atoms with Crippen LogP contribution in [-0.2, 0) is 5.67 Å². The molecule has 2 aromatic heterocycles. The summed E-state index contributed by atoms with van der Waals surface area (Å²) in [6, 6.07) is 7.71. The van der Waals surface area contributed by atoms with E-state index in [0.717, 1.165) is 27.7 Å². The molecule has 3 N–H and O–H groups in total. The second-order valence-corrected chi connectivity index (χ2v) is 5.60. The van der Waals surface area contributed by atoms with Gasteiger partial charge in [-0.3, -0.25) is 5.10 Å². The Morgan fingerprint density at radius 2 is 2.14 bits per heavy atom. The fourth-order valence-electron chi connectivity index (χ4n) is 2.77. The molecule has 1 aromatic carbocycles. The number of halogens is 1. The lowest BCUT2D eigenvalue weighted by Gasteiger charge is -2.23. The van der Waals surface area contributed by atoms with E-state index < -0.39 is 5.67 Å². The Labute approximate surface area is 128 Å². The Hall–Kier alpha value is -2.27. The molecule has 4 nitrogen and oxygen atoms in total. The number of benzene rings is 1. The molecule has 0 aliphatic rings. The number of alkyl halides is 1. The van der Waals surface area contributed by atoms with Crippen molar-refractivity contribution in [1.29, 1.82) is 0 Å². The number of nitrogens with two attached hydrogens (primary N) is 1. The number of fused-ring (bicyclic) bond motifs is 1. The average Bonchev–Trinajstić information content (AvgIpc) is 3.02. The predicted molar refractivity (Wildman–Crippen MR) is 86.2 cm³/mol. The van der Waals surface area contributed by atoms with Crippen molar-refractivity contribution in [2.24, 2.45) is 5.73 Å². The van der Waals surface area contributed by atoms with Crippen LogP contribution in [0.25, 0.3) is 22.2 Å². The number of hydrogen-bond acceptors (Lipinski definition) is 3. The maximum absolute atomic E-state index is 15.0. The van der Waals surface area contributed by atoms with Crippen LogP contribution in [0.4, 0.5) is 4.39 Å². The number of rotatable bonds is 4. The van der Waals surface area contributed by atoms with E-state index in [4.69, 9.17) is 5.73 Å². The zero-order valence-electron chi connectivity index (χ0n) is 12.7. The molecule has 0 aliphatic carbocycles. The summed E-state index contributed by atoms with van der Waals surface area (Å²) in [4.78, 5) is 4.24. The van der Waals surface area contributed by atoms with Gasteiger partial charge >= 0.3 is 0 Å². The van der Waals surface area contributed by atoms with Crippen molar-refractivity contribution in [3.8, 4) is 11.1 Å². The first-order valence-electron chi connectivity index (χ1n) is 7.37. The molecule has 0 bridgehead atoms. The zero-order chi connectivity index (χ0) is 15.7. The van der Waals surface area contributed by atoms with Gasteiger partial charge in [-0.05, 0) is 42.2 Å². The lowest BCUT2D eigenvalue weighted by atomic mass is 9.89. The molecule has 0 fully saturated rings. The van der Waals surface area contributed by atoms with Gasteiger partial charge in [-0.2, -0.15) is 5.10 Å². The SMILES string of the molecule is CCC(F)(CN)c1cc(C)cc(-c2ccnc3[nH]ncc23)c1. The highest BCUT2D eigenvalue weighted by Gasteiger charge is 2.28. The monoisotopic (exact) mass is 298 g/mol. The van der Waals surface area contributed by atoms with Crippen LogP contribution in [0.5, 0.6) is 0 Å². The van der Waals surface area contributed by atoms with Gasteiger partial charge in [0.1, 0.15) is 5.67 Å². The normalized spacial score (nSPS) is 14.2. The van der Waals surface area contributed by atoms with Crippen molar-refractivity contribution >= 4 is 11.0 Å². The molecule has 0 radical (unpaired) electrons. The van der Waals surface area contributed by atoms with E-state index in [-0.39, 0.29) is 6.54 Å². The molecule has 0 aliphatic heterocycles. The van der Waals surface area contributed by atoms with Gasteiger partial charge in [0.25, 0.3) is 0 Å². The van der Waals surface area contributed by atoms with Crippen LogP contribution < -0.4 is 5.73 Å². The first kappa shape index (κ1) is 14.7. The van der Waals surface area contributed by atoms with E-state index in [1.165, 1.54) is 0 Å². The molecule has 0 spiro atoms. The molecule has 3 aromatic rings. The van der Waals surface area contributed by atoms with E-state index in [1.54, 1.807) is 12.4 Å². The van der Waals surface area contributed by atoms with Crippen LogP contribution in [0.2, 0.25) is 0 Å². The summed E-state index contributed by atoms with van der Waals surface area (Å²) in [5, 5.41) is 7.81. The van der Waals surface area contributed by atoms with E-state index in [0.29, 0.717) is 12.0 Å². The molecule has 3 rings (SSSR count). The van der Waals surface area contributed by atoms with Crippen molar-refractivity contribution in [1.82, 2.24) is 15.2 Å². The number of hydrogen-bond donors (Lipinski definition) is 2. The van der Waals surface area contributed by atoms with Gasteiger partial charge in [-0.15, -0.1) is 0 Å². The maximum atomic E-state index is 15.0.